The van der Waals surface area contributed by atoms with Crippen LogP contribution in [-0.2, 0) is 21.7 Å². The summed E-state index contributed by atoms with van der Waals surface area (Å²) in [7, 11) is -4.60. The van der Waals surface area contributed by atoms with Crippen LogP contribution in [0, 0.1) is 0 Å². The van der Waals surface area contributed by atoms with E-state index in [2.05, 4.69) is 0 Å². The van der Waals surface area contributed by atoms with E-state index in [-0.39, 0.29) is 24.7 Å². The highest BCUT2D eigenvalue weighted by Gasteiger charge is 2.37. The molecule has 0 unspecified atom stereocenters. The van der Waals surface area contributed by atoms with Gasteiger partial charge in [0.05, 0.1) is 5.56 Å². The monoisotopic (exact) mass is 392 g/mol. The highest BCUT2D eigenvalue weighted by molar-refractivity contribution is 7.87. The normalized spacial score (nSPS) is 12.4. The maximum atomic E-state index is 13.0. The molecule has 138 valence electrons. The molecular formula is C17H19F3O3S2. The molecule has 0 fully saturated rings. The van der Waals surface area contributed by atoms with Gasteiger partial charge in [-0.25, -0.2) is 0 Å². The Bertz CT molecular complexity index is 821. The van der Waals surface area contributed by atoms with E-state index in [0.717, 1.165) is 17.7 Å². The molecule has 0 saturated heterocycles. The first-order valence-electron chi connectivity index (χ1n) is 7.12. The molecule has 0 spiro atoms. The summed E-state index contributed by atoms with van der Waals surface area (Å²) in [6.07, 6.45) is -4.79. The minimum atomic E-state index is -4.79. The molecule has 0 saturated carbocycles. The van der Waals surface area contributed by atoms with Crippen molar-refractivity contribution in [3.8, 4) is 5.75 Å². The van der Waals surface area contributed by atoms with Crippen LogP contribution in [0.1, 0.15) is 31.9 Å². The molecule has 0 aliphatic heterocycles. The molecule has 25 heavy (non-hydrogen) atoms. The van der Waals surface area contributed by atoms with Crippen LogP contribution in [0.3, 0.4) is 0 Å². The van der Waals surface area contributed by atoms with Crippen molar-refractivity contribution in [2.24, 2.45) is 0 Å². The van der Waals surface area contributed by atoms with Gasteiger partial charge in [0.1, 0.15) is 10.6 Å². The van der Waals surface area contributed by atoms with Crippen LogP contribution in [0.15, 0.2) is 53.4 Å². The lowest BCUT2D eigenvalue weighted by Crippen LogP contribution is -2.17. The zero-order valence-electron chi connectivity index (χ0n) is 13.9. The van der Waals surface area contributed by atoms with E-state index in [1.165, 1.54) is 18.2 Å². The van der Waals surface area contributed by atoms with Crippen molar-refractivity contribution in [3.05, 3.63) is 59.7 Å². The third-order valence-electron chi connectivity index (χ3n) is 3.39. The lowest BCUT2D eigenvalue weighted by atomic mass is 9.87. The Labute approximate surface area is 152 Å². The Kier molecular flexibility index (Phi) is 6.23. The zero-order valence-corrected chi connectivity index (χ0v) is 15.7. The minimum absolute atomic E-state index is 0. The summed E-state index contributed by atoms with van der Waals surface area (Å²) < 4.78 is 68.3. The van der Waals surface area contributed by atoms with E-state index in [1.54, 1.807) is 12.1 Å². The molecule has 0 aliphatic rings. The van der Waals surface area contributed by atoms with Crippen LogP contribution in [0.2, 0.25) is 0 Å². The van der Waals surface area contributed by atoms with Gasteiger partial charge < -0.3 is 4.18 Å². The number of halogens is 3. The summed E-state index contributed by atoms with van der Waals surface area (Å²) in [5.74, 6) is -0.0417. The van der Waals surface area contributed by atoms with E-state index in [0.29, 0.717) is 6.07 Å². The first kappa shape index (κ1) is 21.4. The molecule has 0 radical (unpaired) electrons. The average Bonchev–Trinajstić information content (AvgIpc) is 2.45. The fourth-order valence-corrected chi connectivity index (χ4v) is 3.25. The summed E-state index contributed by atoms with van der Waals surface area (Å²) >= 11 is 0. The van der Waals surface area contributed by atoms with Crippen molar-refractivity contribution in [2.45, 2.75) is 37.3 Å². The Morgan fingerprint density at radius 1 is 0.880 bits per heavy atom. The summed E-state index contributed by atoms with van der Waals surface area (Å²) in [6.45, 7) is 5.96. The maximum Gasteiger partial charge on any atom is 0.417 e. The second kappa shape index (κ2) is 7.29. The molecule has 2 aromatic rings. The van der Waals surface area contributed by atoms with Gasteiger partial charge in [-0.05, 0) is 35.2 Å². The maximum absolute atomic E-state index is 13.0. The Morgan fingerprint density at radius 3 is 1.88 bits per heavy atom. The van der Waals surface area contributed by atoms with Gasteiger partial charge in [0.25, 0.3) is 0 Å². The number of rotatable bonds is 3. The van der Waals surface area contributed by atoms with E-state index in [9.17, 15) is 21.6 Å². The minimum Gasteiger partial charge on any atom is -0.379 e. The molecule has 0 atom stereocenters. The fourth-order valence-electron chi connectivity index (χ4n) is 2.10. The van der Waals surface area contributed by atoms with Crippen molar-refractivity contribution < 1.29 is 25.8 Å². The first-order chi connectivity index (χ1) is 10.9. The predicted octanol–water partition coefficient (Wildman–Crippen LogP) is 4.88. The molecule has 0 bridgehead atoms. The summed E-state index contributed by atoms with van der Waals surface area (Å²) in [5, 5.41) is 0. The lowest BCUT2D eigenvalue weighted by molar-refractivity contribution is -0.139. The van der Waals surface area contributed by atoms with Crippen molar-refractivity contribution in [1.82, 2.24) is 0 Å². The fraction of sp³-hybridized carbons (Fsp3) is 0.294. The standard InChI is InChI=1S/C17H17F3O3S.H2S/c1-16(2,3)12-8-10-13(11-9-12)23-24(21,22)15-7-5-4-6-14(15)17(18,19)20;/h4-11H,1-3H3;1H2. The highest BCUT2D eigenvalue weighted by Crippen LogP contribution is 2.35. The van der Waals surface area contributed by atoms with Crippen LogP contribution in [0.5, 0.6) is 5.75 Å². The number of hydrogen-bond donors (Lipinski definition) is 0. The average molecular weight is 392 g/mol. The molecule has 0 aromatic heterocycles. The Morgan fingerprint density at radius 2 is 1.40 bits per heavy atom. The molecular weight excluding hydrogens is 373 g/mol. The summed E-state index contributed by atoms with van der Waals surface area (Å²) in [5.41, 5.74) is -0.445. The predicted molar refractivity (Wildman–Crippen MR) is 94.8 cm³/mol. The van der Waals surface area contributed by atoms with E-state index in [4.69, 9.17) is 4.18 Å². The highest BCUT2D eigenvalue weighted by atomic mass is 32.2. The van der Waals surface area contributed by atoms with Crippen LogP contribution in [-0.4, -0.2) is 8.42 Å². The van der Waals surface area contributed by atoms with Crippen LogP contribution < -0.4 is 4.18 Å². The topological polar surface area (TPSA) is 43.4 Å². The molecule has 8 heteroatoms. The SMILES string of the molecule is CC(C)(C)c1ccc(OS(=O)(=O)c2ccccc2C(F)(F)F)cc1.S. The number of benzene rings is 2. The van der Waals surface area contributed by atoms with Crippen molar-refractivity contribution in [3.63, 3.8) is 0 Å². The van der Waals surface area contributed by atoms with Crippen molar-refractivity contribution in [1.29, 1.82) is 0 Å². The molecule has 0 amide bonds. The van der Waals surface area contributed by atoms with Gasteiger partial charge in [0, 0.05) is 0 Å². The summed E-state index contributed by atoms with van der Waals surface area (Å²) in [6, 6.07) is 10.1. The second-order valence-electron chi connectivity index (χ2n) is 6.31. The van der Waals surface area contributed by atoms with Gasteiger partial charge >= 0.3 is 16.3 Å². The van der Waals surface area contributed by atoms with Gasteiger partial charge in [-0.1, -0.05) is 45.0 Å². The smallest absolute Gasteiger partial charge is 0.379 e. The second-order valence-corrected chi connectivity index (χ2v) is 7.82. The summed E-state index contributed by atoms with van der Waals surface area (Å²) in [4.78, 5) is -0.905. The zero-order chi connectivity index (χ0) is 18.2. The van der Waals surface area contributed by atoms with Gasteiger partial charge in [-0.15, -0.1) is 0 Å². The van der Waals surface area contributed by atoms with E-state index in [1.807, 2.05) is 20.8 Å². The molecule has 2 aromatic carbocycles. The molecule has 2 rings (SSSR count). The van der Waals surface area contributed by atoms with Crippen LogP contribution >= 0.6 is 13.5 Å². The van der Waals surface area contributed by atoms with Gasteiger partial charge in [0.2, 0.25) is 0 Å². The van der Waals surface area contributed by atoms with Crippen LogP contribution in [0.4, 0.5) is 13.2 Å². The van der Waals surface area contributed by atoms with E-state index >= 15 is 0 Å². The third-order valence-corrected chi connectivity index (χ3v) is 4.69. The largest absolute Gasteiger partial charge is 0.417 e. The molecule has 0 heterocycles. The quantitative estimate of drug-likeness (QED) is 0.699. The first-order valence-corrected chi connectivity index (χ1v) is 8.53. The van der Waals surface area contributed by atoms with E-state index < -0.39 is 26.8 Å². The van der Waals surface area contributed by atoms with Crippen molar-refractivity contribution >= 4 is 23.6 Å². The lowest BCUT2D eigenvalue weighted by Gasteiger charge is -2.19. The Hall–Kier alpha value is -1.67. The van der Waals surface area contributed by atoms with Gasteiger partial charge in [0.15, 0.2) is 0 Å². The molecule has 3 nitrogen and oxygen atoms in total. The van der Waals surface area contributed by atoms with Crippen LogP contribution in [0.25, 0.3) is 0 Å². The van der Waals surface area contributed by atoms with Crippen molar-refractivity contribution in [2.75, 3.05) is 0 Å². The molecule has 0 aliphatic carbocycles. The number of alkyl halides is 3. The number of hydrogen-bond acceptors (Lipinski definition) is 3. The molecule has 0 N–H and O–H groups in total. The van der Waals surface area contributed by atoms with Gasteiger partial charge in [-0.3, -0.25) is 0 Å². The third kappa shape index (κ3) is 5.15. The van der Waals surface area contributed by atoms with Gasteiger partial charge in [-0.2, -0.15) is 35.1 Å². The Balaban J connectivity index is 0.00000312.